The van der Waals surface area contributed by atoms with Gasteiger partial charge in [0.1, 0.15) is 0 Å². The van der Waals surface area contributed by atoms with E-state index in [1.807, 2.05) is 16.8 Å². The SMILES string of the molecule is COC(=O)CC(C)NC(=O)CSc1nccn1-c1ccc(C)c(C)c1. The molecule has 1 atom stereocenters. The van der Waals surface area contributed by atoms with Crippen LogP contribution >= 0.6 is 11.8 Å². The van der Waals surface area contributed by atoms with Gasteiger partial charge in [-0.3, -0.25) is 14.2 Å². The van der Waals surface area contributed by atoms with Gasteiger partial charge in [-0.25, -0.2) is 4.98 Å². The first-order chi connectivity index (χ1) is 11.9. The fourth-order valence-electron chi connectivity index (χ4n) is 2.30. The molecule has 0 bridgehead atoms. The molecule has 0 fully saturated rings. The van der Waals surface area contributed by atoms with Crippen LogP contribution in [-0.2, 0) is 14.3 Å². The molecule has 0 aliphatic rings. The molecule has 7 heteroatoms. The summed E-state index contributed by atoms with van der Waals surface area (Å²) in [5, 5.41) is 3.53. The van der Waals surface area contributed by atoms with Crippen molar-refractivity contribution in [3.05, 3.63) is 41.7 Å². The van der Waals surface area contributed by atoms with E-state index in [4.69, 9.17) is 0 Å². The first-order valence-electron chi connectivity index (χ1n) is 8.00. The normalized spacial score (nSPS) is 11.8. The van der Waals surface area contributed by atoms with Crippen molar-refractivity contribution in [1.29, 1.82) is 0 Å². The Hall–Kier alpha value is -2.28. The maximum Gasteiger partial charge on any atom is 0.307 e. The third-order valence-electron chi connectivity index (χ3n) is 3.82. The fourth-order valence-corrected chi connectivity index (χ4v) is 3.08. The molecule has 1 heterocycles. The molecule has 1 unspecified atom stereocenters. The van der Waals surface area contributed by atoms with Gasteiger partial charge in [-0.1, -0.05) is 17.8 Å². The molecule has 0 radical (unpaired) electrons. The zero-order chi connectivity index (χ0) is 18.4. The summed E-state index contributed by atoms with van der Waals surface area (Å²) in [4.78, 5) is 27.6. The minimum Gasteiger partial charge on any atom is -0.469 e. The van der Waals surface area contributed by atoms with E-state index in [0.717, 1.165) is 10.8 Å². The van der Waals surface area contributed by atoms with Crippen LogP contribution in [-0.4, -0.2) is 40.3 Å². The van der Waals surface area contributed by atoms with Crippen molar-refractivity contribution in [2.24, 2.45) is 0 Å². The number of hydrogen-bond donors (Lipinski definition) is 1. The van der Waals surface area contributed by atoms with E-state index in [2.05, 4.69) is 41.0 Å². The fraction of sp³-hybridized carbons (Fsp3) is 0.389. The molecule has 2 aromatic rings. The summed E-state index contributed by atoms with van der Waals surface area (Å²) < 4.78 is 6.56. The molecular weight excluding hydrogens is 338 g/mol. The van der Waals surface area contributed by atoms with Gasteiger partial charge in [0.2, 0.25) is 5.91 Å². The first kappa shape index (κ1) is 19.1. The van der Waals surface area contributed by atoms with Gasteiger partial charge in [0.15, 0.2) is 5.16 Å². The Morgan fingerprint density at radius 2 is 2.08 bits per heavy atom. The molecule has 1 N–H and O–H groups in total. The predicted octanol–water partition coefficient (Wildman–Crippen LogP) is 2.65. The number of aromatic nitrogens is 2. The summed E-state index contributed by atoms with van der Waals surface area (Å²) in [5.41, 5.74) is 3.45. The number of imidazole rings is 1. The van der Waals surface area contributed by atoms with E-state index in [-0.39, 0.29) is 30.1 Å². The second-order valence-electron chi connectivity index (χ2n) is 5.89. The van der Waals surface area contributed by atoms with Crippen LogP contribution in [0.25, 0.3) is 5.69 Å². The predicted molar refractivity (Wildman–Crippen MR) is 98.0 cm³/mol. The summed E-state index contributed by atoms with van der Waals surface area (Å²) in [6.45, 7) is 5.91. The zero-order valence-electron chi connectivity index (χ0n) is 14.9. The summed E-state index contributed by atoms with van der Waals surface area (Å²) in [6.07, 6.45) is 3.75. The van der Waals surface area contributed by atoms with Crippen molar-refractivity contribution in [2.75, 3.05) is 12.9 Å². The van der Waals surface area contributed by atoms with E-state index >= 15 is 0 Å². The number of carbonyl (C=O) groups excluding carboxylic acids is 2. The van der Waals surface area contributed by atoms with Gasteiger partial charge in [0.05, 0.1) is 19.3 Å². The Morgan fingerprint density at radius 3 is 2.76 bits per heavy atom. The van der Waals surface area contributed by atoms with Crippen molar-refractivity contribution >= 4 is 23.6 Å². The Bertz CT molecular complexity index is 758. The number of benzene rings is 1. The molecular formula is C18H23N3O3S. The summed E-state index contributed by atoms with van der Waals surface area (Å²) in [5.74, 6) is -0.255. The zero-order valence-corrected chi connectivity index (χ0v) is 15.7. The highest BCUT2D eigenvalue weighted by Crippen LogP contribution is 2.22. The Morgan fingerprint density at radius 1 is 1.32 bits per heavy atom. The van der Waals surface area contributed by atoms with Crippen molar-refractivity contribution in [1.82, 2.24) is 14.9 Å². The van der Waals surface area contributed by atoms with E-state index in [1.165, 1.54) is 30.0 Å². The van der Waals surface area contributed by atoms with Crippen molar-refractivity contribution in [2.45, 2.75) is 38.4 Å². The molecule has 1 amide bonds. The van der Waals surface area contributed by atoms with Crippen molar-refractivity contribution < 1.29 is 14.3 Å². The molecule has 0 aliphatic heterocycles. The number of esters is 1. The molecule has 6 nitrogen and oxygen atoms in total. The lowest BCUT2D eigenvalue weighted by molar-refractivity contribution is -0.141. The van der Waals surface area contributed by atoms with Crippen LogP contribution in [0.3, 0.4) is 0 Å². The quantitative estimate of drug-likeness (QED) is 0.606. The molecule has 1 aromatic carbocycles. The van der Waals surface area contributed by atoms with Gasteiger partial charge in [-0.15, -0.1) is 0 Å². The number of nitrogens with zero attached hydrogens (tertiary/aromatic N) is 2. The van der Waals surface area contributed by atoms with Gasteiger partial charge in [-0.05, 0) is 44.0 Å². The molecule has 25 heavy (non-hydrogen) atoms. The summed E-state index contributed by atoms with van der Waals surface area (Å²) in [6, 6.07) is 5.94. The van der Waals surface area contributed by atoms with Crippen LogP contribution in [0.1, 0.15) is 24.5 Å². The second kappa shape index (κ2) is 8.71. The van der Waals surface area contributed by atoms with Crippen LogP contribution in [0.5, 0.6) is 0 Å². The second-order valence-corrected chi connectivity index (χ2v) is 6.83. The van der Waals surface area contributed by atoms with Crippen LogP contribution in [0.15, 0.2) is 35.7 Å². The standard InChI is InChI=1S/C18H23N3O3S/c1-12-5-6-15(9-13(12)2)21-8-7-19-18(21)25-11-16(22)20-14(3)10-17(23)24-4/h5-9,14H,10-11H2,1-4H3,(H,20,22). The smallest absolute Gasteiger partial charge is 0.307 e. The minimum atomic E-state index is -0.342. The topological polar surface area (TPSA) is 73.2 Å². The van der Waals surface area contributed by atoms with E-state index in [1.54, 1.807) is 13.1 Å². The lowest BCUT2D eigenvalue weighted by Gasteiger charge is -2.13. The largest absolute Gasteiger partial charge is 0.469 e. The number of amides is 1. The molecule has 0 spiro atoms. The summed E-state index contributed by atoms with van der Waals surface area (Å²) in [7, 11) is 1.33. The van der Waals surface area contributed by atoms with Crippen molar-refractivity contribution in [3.63, 3.8) is 0 Å². The third kappa shape index (κ3) is 5.35. The van der Waals surface area contributed by atoms with Crippen LogP contribution in [0, 0.1) is 13.8 Å². The molecule has 1 aromatic heterocycles. The Kier molecular flexibility index (Phi) is 6.64. The van der Waals surface area contributed by atoms with Gasteiger partial charge >= 0.3 is 5.97 Å². The van der Waals surface area contributed by atoms with E-state index in [0.29, 0.717) is 0 Å². The summed E-state index contributed by atoms with van der Waals surface area (Å²) >= 11 is 1.36. The van der Waals surface area contributed by atoms with E-state index < -0.39 is 0 Å². The van der Waals surface area contributed by atoms with Crippen LogP contribution in [0.2, 0.25) is 0 Å². The van der Waals surface area contributed by atoms with Gasteiger partial charge in [0, 0.05) is 24.1 Å². The Labute approximate surface area is 152 Å². The number of rotatable bonds is 7. The highest BCUT2D eigenvalue weighted by Gasteiger charge is 2.14. The Balaban J connectivity index is 1.96. The van der Waals surface area contributed by atoms with Crippen LogP contribution < -0.4 is 5.32 Å². The molecule has 2 rings (SSSR count). The van der Waals surface area contributed by atoms with E-state index in [9.17, 15) is 9.59 Å². The number of hydrogen-bond acceptors (Lipinski definition) is 5. The van der Waals surface area contributed by atoms with Gasteiger partial charge < -0.3 is 10.1 Å². The van der Waals surface area contributed by atoms with Crippen LogP contribution in [0.4, 0.5) is 0 Å². The monoisotopic (exact) mass is 361 g/mol. The lowest BCUT2D eigenvalue weighted by Crippen LogP contribution is -2.35. The highest BCUT2D eigenvalue weighted by molar-refractivity contribution is 7.99. The molecule has 0 aliphatic carbocycles. The van der Waals surface area contributed by atoms with Crippen molar-refractivity contribution in [3.8, 4) is 5.69 Å². The number of ether oxygens (including phenoxy) is 1. The lowest BCUT2D eigenvalue weighted by atomic mass is 10.1. The first-order valence-corrected chi connectivity index (χ1v) is 8.99. The maximum absolute atomic E-state index is 12.0. The molecule has 0 saturated carbocycles. The number of carbonyl (C=O) groups is 2. The number of methoxy groups -OCH3 is 1. The average Bonchev–Trinajstić information content (AvgIpc) is 3.03. The minimum absolute atomic E-state index is 0.143. The van der Waals surface area contributed by atoms with Gasteiger partial charge in [-0.2, -0.15) is 0 Å². The highest BCUT2D eigenvalue weighted by atomic mass is 32.2. The molecule has 0 saturated heterocycles. The average molecular weight is 361 g/mol. The third-order valence-corrected chi connectivity index (χ3v) is 4.78. The molecule has 134 valence electrons. The maximum atomic E-state index is 12.0. The number of nitrogens with one attached hydrogen (secondary N) is 1. The number of aryl methyl sites for hydroxylation is 2. The van der Waals surface area contributed by atoms with Gasteiger partial charge in [0.25, 0.3) is 0 Å². The number of thioether (sulfide) groups is 1.